The number of carbonyl (C=O) groups is 2. The number of esters is 1. The highest BCUT2D eigenvalue weighted by atomic mass is 32.2. The van der Waals surface area contributed by atoms with E-state index in [0.717, 1.165) is 10.9 Å². The Morgan fingerprint density at radius 1 is 1.34 bits per heavy atom. The van der Waals surface area contributed by atoms with Gasteiger partial charge in [0.25, 0.3) is 5.91 Å². The number of nitrogens with zero attached hydrogens (tertiary/aromatic N) is 1. The first-order chi connectivity index (χ1) is 13.7. The Labute approximate surface area is 174 Å². The molecule has 1 atom stereocenters. The van der Waals surface area contributed by atoms with E-state index in [1.54, 1.807) is 38.4 Å². The van der Waals surface area contributed by atoms with Gasteiger partial charge in [-0.3, -0.25) is 14.6 Å². The summed E-state index contributed by atoms with van der Waals surface area (Å²) >= 11 is 1.26. The first-order valence-electron chi connectivity index (χ1n) is 8.75. The molecule has 0 saturated heterocycles. The van der Waals surface area contributed by atoms with Crippen molar-refractivity contribution in [2.75, 3.05) is 12.9 Å². The number of pyridine rings is 1. The van der Waals surface area contributed by atoms with E-state index in [9.17, 15) is 9.59 Å². The minimum Gasteiger partial charge on any atom is -0.470 e. The summed E-state index contributed by atoms with van der Waals surface area (Å²) in [5, 5.41) is 3.66. The van der Waals surface area contributed by atoms with Gasteiger partial charge in [0.1, 0.15) is 5.75 Å². The lowest BCUT2D eigenvalue weighted by Gasteiger charge is -2.24. The van der Waals surface area contributed by atoms with Gasteiger partial charge in [0.15, 0.2) is 6.61 Å². The quantitative estimate of drug-likeness (QED) is 0.448. The lowest BCUT2D eigenvalue weighted by Crippen LogP contribution is -2.47. The van der Waals surface area contributed by atoms with Crippen LogP contribution in [-0.4, -0.2) is 40.7 Å². The lowest BCUT2D eigenvalue weighted by molar-refractivity contribution is -0.139. The van der Waals surface area contributed by atoms with E-state index in [-0.39, 0.29) is 12.5 Å². The fraction of sp³-hybridized carbons (Fsp3) is 0.318. The Balaban J connectivity index is 2.08. The van der Waals surface area contributed by atoms with Crippen LogP contribution in [0, 0.1) is 24.2 Å². The second kappa shape index (κ2) is 9.86. The van der Waals surface area contributed by atoms with Gasteiger partial charge in [0.2, 0.25) is 5.44 Å². The second-order valence-electron chi connectivity index (χ2n) is 6.60. The highest BCUT2D eigenvalue weighted by Crippen LogP contribution is 2.23. The molecule has 1 unspecified atom stereocenters. The molecule has 2 aromatic rings. The molecule has 1 amide bonds. The molecule has 1 heterocycles. The van der Waals surface area contributed by atoms with E-state index in [0.29, 0.717) is 11.3 Å². The summed E-state index contributed by atoms with van der Waals surface area (Å²) in [7, 11) is 0. The normalized spacial score (nSPS) is 11.6. The number of nitrogens with one attached hydrogen (secondary N) is 1. The van der Waals surface area contributed by atoms with Crippen molar-refractivity contribution >= 4 is 34.5 Å². The van der Waals surface area contributed by atoms with Crippen molar-refractivity contribution < 1.29 is 19.1 Å². The number of hydrogen-bond donors (Lipinski definition) is 1. The van der Waals surface area contributed by atoms with Crippen LogP contribution < -0.4 is 10.1 Å². The molecule has 29 heavy (non-hydrogen) atoms. The molecule has 0 bridgehead atoms. The van der Waals surface area contributed by atoms with Crippen molar-refractivity contribution in [1.29, 1.82) is 0 Å². The Morgan fingerprint density at radius 2 is 2.10 bits per heavy atom. The number of amides is 1. The zero-order valence-corrected chi connectivity index (χ0v) is 17.6. The number of hydrogen-bond acceptors (Lipinski definition) is 6. The minimum atomic E-state index is -0.816. The van der Waals surface area contributed by atoms with Gasteiger partial charge in [-0.15, -0.1) is 18.2 Å². The number of rotatable bonds is 6. The fourth-order valence-electron chi connectivity index (χ4n) is 2.39. The summed E-state index contributed by atoms with van der Waals surface area (Å²) in [6.45, 7) is 4.80. The maximum atomic E-state index is 12.7. The molecule has 1 N–H and O–H groups in total. The van der Waals surface area contributed by atoms with Crippen LogP contribution in [0.25, 0.3) is 10.9 Å². The first-order valence-corrected chi connectivity index (χ1v) is 10.0. The van der Waals surface area contributed by atoms with E-state index < -0.39 is 16.9 Å². The van der Waals surface area contributed by atoms with Crippen LogP contribution in [-0.2, 0) is 14.3 Å². The molecule has 0 aliphatic rings. The Kier molecular flexibility index (Phi) is 7.52. The van der Waals surface area contributed by atoms with Gasteiger partial charge in [-0.25, -0.2) is 0 Å². The first kappa shape index (κ1) is 22.1. The SMILES string of the molecule is C#Cc1cnc2ccc(OC(SC)C(=O)NC(C)(C)C#CCOC(C)=O)cc2c1. The maximum absolute atomic E-state index is 12.7. The Morgan fingerprint density at radius 3 is 2.76 bits per heavy atom. The molecular formula is C22H22N2O4S. The number of fused-ring (bicyclic) bond motifs is 1. The summed E-state index contributed by atoms with van der Waals surface area (Å²) in [6.07, 6.45) is 8.84. The van der Waals surface area contributed by atoms with Crippen LogP contribution in [0.5, 0.6) is 5.75 Å². The molecular weight excluding hydrogens is 388 g/mol. The predicted octanol–water partition coefficient (Wildman–Crippen LogP) is 2.75. The minimum absolute atomic E-state index is 0.0259. The van der Waals surface area contributed by atoms with Crippen molar-refractivity contribution in [3.63, 3.8) is 0 Å². The van der Waals surface area contributed by atoms with Crippen LogP contribution in [0.15, 0.2) is 30.5 Å². The maximum Gasteiger partial charge on any atom is 0.303 e. The van der Waals surface area contributed by atoms with E-state index in [1.165, 1.54) is 18.7 Å². The van der Waals surface area contributed by atoms with Gasteiger partial charge in [0.05, 0.1) is 11.1 Å². The van der Waals surface area contributed by atoms with Gasteiger partial charge in [-0.2, -0.15) is 0 Å². The molecule has 0 radical (unpaired) electrons. The highest BCUT2D eigenvalue weighted by Gasteiger charge is 2.25. The number of aromatic nitrogens is 1. The van der Waals surface area contributed by atoms with Crippen molar-refractivity contribution in [1.82, 2.24) is 10.3 Å². The molecule has 0 fully saturated rings. The summed E-state index contributed by atoms with van der Waals surface area (Å²) in [4.78, 5) is 27.7. The van der Waals surface area contributed by atoms with Crippen molar-refractivity contribution in [2.45, 2.75) is 31.7 Å². The molecule has 0 spiro atoms. The third-order valence-corrected chi connectivity index (χ3v) is 4.41. The second-order valence-corrected chi connectivity index (χ2v) is 7.50. The van der Waals surface area contributed by atoms with Crippen LogP contribution in [0.2, 0.25) is 0 Å². The Bertz CT molecular complexity index is 1010. The average Bonchev–Trinajstić information content (AvgIpc) is 2.68. The Hall–Kier alpha value is -3.16. The molecule has 150 valence electrons. The van der Waals surface area contributed by atoms with Crippen LogP contribution in [0.3, 0.4) is 0 Å². The molecule has 1 aromatic carbocycles. The van der Waals surface area contributed by atoms with E-state index in [4.69, 9.17) is 15.9 Å². The average molecular weight is 410 g/mol. The largest absolute Gasteiger partial charge is 0.470 e. The summed E-state index contributed by atoms with van der Waals surface area (Å²) in [6, 6.07) is 7.20. The smallest absolute Gasteiger partial charge is 0.303 e. The molecule has 7 heteroatoms. The molecule has 2 rings (SSSR count). The molecule has 0 aliphatic heterocycles. The zero-order chi connectivity index (χ0) is 21.4. The van der Waals surface area contributed by atoms with Gasteiger partial charge >= 0.3 is 5.97 Å². The van der Waals surface area contributed by atoms with E-state index in [2.05, 4.69) is 28.1 Å². The predicted molar refractivity (Wildman–Crippen MR) is 114 cm³/mol. The number of thioether (sulfide) groups is 1. The lowest BCUT2D eigenvalue weighted by atomic mass is 10.1. The zero-order valence-electron chi connectivity index (χ0n) is 16.7. The third-order valence-electron chi connectivity index (χ3n) is 3.67. The van der Waals surface area contributed by atoms with Gasteiger partial charge in [-0.1, -0.05) is 17.8 Å². The number of terminal acetylenes is 1. The van der Waals surface area contributed by atoms with Crippen molar-refractivity contribution in [3.05, 3.63) is 36.0 Å². The summed E-state index contributed by atoms with van der Waals surface area (Å²) in [5.41, 5.74) is -0.136. The molecule has 1 aromatic heterocycles. The fourth-order valence-corrected chi connectivity index (χ4v) is 2.87. The standard InChI is InChI=1S/C22H22N2O4S/c1-6-16-12-17-13-18(8-9-19(17)23-14-16)28-21(29-5)20(26)24-22(3,4)10-7-11-27-15(2)25/h1,8-9,12-14,21H,11H2,2-5H3,(H,24,26). The van der Waals surface area contributed by atoms with Gasteiger partial charge in [0, 0.05) is 24.1 Å². The molecule has 6 nitrogen and oxygen atoms in total. The molecule has 0 saturated carbocycles. The summed E-state index contributed by atoms with van der Waals surface area (Å²) < 4.78 is 10.6. The van der Waals surface area contributed by atoms with Crippen molar-refractivity contribution in [2.24, 2.45) is 0 Å². The van der Waals surface area contributed by atoms with Crippen LogP contribution in [0.4, 0.5) is 0 Å². The number of benzene rings is 1. The topological polar surface area (TPSA) is 77.5 Å². The van der Waals surface area contributed by atoms with Gasteiger partial charge in [-0.05, 0) is 44.4 Å². The third kappa shape index (κ3) is 6.74. The van der Waals surface area contributed by atoms with Gasteiger partial charge < -0.3 is 14.8 Å². The number of carbonyl (C=O) groups excluding carboxylic acids is 2. The number of ether oxygens (including phenoxy) is 2. The monoisotopic (exact) mass is 410 g/mol. The van der Waals surface area contributed by atoms with Crippen molar-refractivity contribution in [3.8, 4) is 29.9 Å². The van der Waals surface area contributed by atoms with E-state index >= 15 is 0 Å². The molecule has 0 aliphatic carbocycles. The summed E-state index contributed by atoms with van der Waals surface area (Å²) in [5.74, 6) is 7.95. The highest BCUT2D eigenvalue weighted by molar-refractivity contribution is 7.99. The van der Waals surface area contributed by atoms with Crippen LogP contribution in [0.1, 0.15) is 26.3 Å². The van der Waals surface area contributed by atoms with Crippen LogP contribution >= 0.6 is 11.8 Å². The van der Waals surface area contributed by atoms with E-state index in [1.807, 2.05) is 12.1 Å².